The van der Waals surface area contributed by atoms with Gasteiger partial charge >= 0.3 is 0 Å². The molecule has 0 bridgehead atoms. The number of carbonyl (C=O) groups excluding carboxylic acids is 1. The van der Waals surface area contributed by atoms with E-state index in [1.165, 1.54) is 18.2 Å². The Bertz CT molecular complexity index is 404. The minimum absolute atomic E-state index is 0.0512. The molecule has 92 valence electrons. The number of nitrogens with one attached hydrogen (secondary N) is 1. The topological polar surface area (TPSA) is 38.3 Å². The third kappa shape index (κ3) is 5.26. The highest BCUT2D eigenvalue weighted by molar-refractivity contribution is 5.91. The van der Waals surface area contributed by atoms with Crippen molar-refractivity contribution in [1.82, 2.24) is 5.32 Å². The fourth-order valence-electron chi connectivity index (χ4n) is 1.36. The average Bonchev–Trinajstić information content (AvgIpc) is 2.27. The molecule has 0 saturated heterocycles. The average molecular weight is 237 g/mol. The number of ether oxygens (including phenoxy) is 1. The van der Waals surface area contributed by atoms with Gasteiger partial charge in [0.15, 0.2) is 0 Å². The lowest BCUT2D eigenvalue weighted by Gasteiger charge is -2.10. The Hall–Kier alpha value is -1.68. The Balaban J connectivity index is 2.51. The van der Waals surface area contributed by atoms with Gasteiger partial charge in [0.25, 0.3) is 0 Å². The van der Waals surface area contributed by atoms with E-state index in [1.54, 1.807) is 25.3 Å². The van der Waals surface area contributed by atoms with Gasteiger partial charge in [-0.2, -0.15) is 0 Å². The van der Waals surface area contributed by atoms with Gasteiger partial charge in [-0.05, 0) is 30.7 Å². The van der Waals surface area contributed by atoms with E-state index in [9.17, 15) is 9.18 Å². The number of carbonyl (C=O) groups is 1. The summed E-state index contributed by atoms with van der Waals surface area (Å²) in [7, 11) is 1.57. The SMILES string of the molecule is COCC(C)NC(=O)/C=C/c1cccc(F)c1. The van der Waals surface area contributed by atoms with Crippen LogP contribution in [0.5, 0.6) is 0 Å². The first-order valence-corrected chi connectivity index (χ1v) is 5.35. The lowest BCUT2D eigenvalue weighted by atomic mass is 10.2. The van der Waals surface area contributed by atoms with Gasteiger partial charge in [0, 0.05) is 19.2 Å². The third-order valence-corrected chi connectivity index (χ3v) is 2.08. The Labute approximate surface area is 100 Å². The second-order valence-electron chi connectivity index (χ2n) is 3.75. The Morgan fingerprint density at radius 3 is 3.00 bits per heavy atom. The molecule has 4 heteroatoms. The Kier molecular flexibility index (Phi) is 5.36. The molecule has 1 aromatic rings. The highest BCUT2D eigenvalue weighted by Gasteiger charge is 2.03. The second kappa shape index (κ2) is 6.81. The highest BCUT2D eigenvalue weighted by Crippen LogP contribution is 2.05. The van der Waals surface area contributed by atoms with Crippen molar-refractivity contribution in [2.45, 2.75) is 13.0 Å². The summed E-state index contributed by atoms with van der Waals surface area (Å²) in [6, 6.07) is 6.00. The van der Waals surface area contributed by atoms with Crippen LogP contribution in [0.15, 0.2) is 30.3 Å². The second-order valence-corrected chi connectivity index (χ2v) is 3.75. The van der Waals surface area contributed by atoms with Crippen molar-refractivity contribution in [3.05, 3.63) is 41.7 Å². The van der Waals surface area contributed by atoms with Crippen LogP contribution in [-0.2, 0) is 9.53 Å². The summed E-state index contributed by atoms with van der Waals surface area (Å²) in [5, 5.41) is 2.72. The van der Waals surface area contributed by atoms with Crippen LogP contribution in [0.1, 0.15) is 12.5 Å². The molecule has 0 aliphatic heterocycles. The lowest BCUT2D eigenvalue weighted by Crippen LogP contribution is -2.34. The molecule has 0 saturated carbocycles. The predicted molar refractivity (Wildman–Crippen MR) is 64.9 cm³/mol. The van der Waals surface area contributed by atoms with E-state index in [2.05, 4.69) is 5.32 Å². The molecule has 1 atom stereocenters. The fourth-order valence-corrected chi connectivity index (χ4v) is 1.36. The molecule has 0 heterocycles. The van der Waals surface area contributed by atoms with Crippen LogP contribution in [-0.4, -0.2) is 25.7 Å². The molecule has 0 radical (unpaired) electrons. The van der Waals surface area contributed by atoms with E-state index in [0.29, 0.717) is 12.2 Å². The highest BCUT2D eigenvalue weighted by atomic mass is 19.1. The molecule has 3 nitrogen and oxygen atoms in total. The maximum Gasteiger partial charge on any atom is 0.244 e. The standard InChI is InChI=1S/C13H16FNO2/c1-10(9-17-2)15-13(16)7-6-11-4-3-5-12(14)8-11/h3-8,10H,9H2,1-2H3,(H,15,16)/b7-6+. The van der Waals surface area contributed by atoms with Gasteiger partial charge in [0.2, 0.25) is 5.91 Å². The zero-order valence-corrected chi connectivity index (χ0v) is 9.94. The van der Waals surface area contributed by atoms with Crippen molar-refractivity contribution < 1.29 is 13.9 Å². The van der Waals surface area contributed by atoms with Crippen LogP contribution >= 0.6 is 0 Å². The molecule has 0 fully saturated rings. The number of methoxy groups -OCH3 is 1. The van der Waals surface area contributed by atoms with Crippen LogP contribution in [0.3, 0.4) is 0 Å². The summed E-state index contributed by atoms with van der Waals surface area (Å²) in [6.45, 7) is 2.30. The number of benzene rings is 1. The zero-order valence-electron chi connectivity index (χ0n) is 9.94. The molecule has 1 rings (SSSR count). The summed E-state index contributed by atoms with van der Waals surface area (Å²) in [4.78, 5) is 11.4. The first kappa shape index (κ1) is 13.4. The van der Waals surface area contributed by atoms with Gasteiger partial charge in [-0.15, -0.1) is 0 Å². The number of amides is 1. The minimum atomic E-state index is -0.319. The quantitative estimate of drug-likeness (QED) is 0.795. The van der Waals surface area contributed by atoms with Gasteiger partial charge in [-0.25, -0.2) is 4.39 Å². The summed E-state index contributed by atoms with van der Waals surface area (Å²) in [5.74, 6) is -0.542. The van der Waals surface area contributed by atoms with Crippen molar-refractivity contribution in [2.24, 2.45) is 0 Å². The number of halogens is 1. The van der Waals surface area contributed by atoms with Crippen LogP contribution < -0.4 is 5.32 Å². The molecule has 0 aliphatic rings. The van der Waals surface area contributed by atoms with E-state index in [1.807, 2.05) is 6.92 Å². The summed E-state index contributed by atoms with van der Waals surface area (Å²) >= 11 is 0. The number of hydrogen-bond donors (Lipinski definition) is 1. The van der Waals surface area contributed by atoms with E-state index in [0.717, 1.165) is 0 Å². The minimum Gasteiger partial charge on any atom is -0.383 e. The molecule has 1 unspecified atom stereocenters. The van der Waals surface area contributed by atoms with Crippen molar-refractivity contribution in [3.8, 4) is 0 Å². The molecule has 17 heavy (non-hydrogen) atoms. The Morgan fingerprint density at radius 2 is 2.35 bits per heavy atom. The normalized spacial score (nSPS) is 12.6. The van der Waals surface area contributed by atoms with E-state index in [-0.39, 0.29) is 17.8 Å². The van der Waals surface area contributed by atoms with Gasteiger partial charge < -0.3 is 10.1 Å². The van der Waals surface area contributed by atoms with Crippen molar-refractivity contribution >= 4 is 12.0 Å². The summed E-state index contributed by atoms with van der Waals surface area (Å²) < 4.78 is 17.7. The molecular formula is C13H16FNO2. The van der Waals surface area contributed by atoms with Crippen LogP contribution in [0, 0.1) is 5.82 Å². The van der Waals surface area contributed by atoms with Crippen molar-refractivity contribution in [2.75, 3.05) is 13.7 Å². The molecule has 0 spiro atoms. The monoisotopic (exact) mass is 237 g/mol. The van der Waals surface area contributed by atoms with E-state index < -0.39 is 0 Å². The van der Waals surface area contributed by atoms with Gasteiger partial charge in [0.05, 0.1) is 6.61 Å². The number of rotatable bonds is 5. The fraction of sp³-hybridized carbons (Fsp3) is 0.308. The van der Waals surface area contributed by atoms with E-state index >= 15 is 0 Å². The maximum atomic E-state index is 12.9. The number of hydrogen-bond acceptors (Lipinski definition) is 2. The van der Waals surface area contributed by atoms with Crippen molar-refractivity contribution in [1.29, 1.82) is 0 Å². The molecule has 1 amide bonds. The zero-order chi connectivity index (χ0) is 12.7. The van der Waals surface area contributed by atoms with E-state index in [4.69, 9.17) is 4.74 Å². The molecule has 0 aromatic heterocycles. The van der Waals surface area contributed by atoms with Crippen LogP contribution in [0.25, 0.3) is 6.08 Å². The molecule has 1 aromatic carbocycles. The van der Waals surface area contributed by atoms with Crippen LogP contribution in [0.4, 0.5) is 4.39 Å². The molecule has 1 N–H and O–H groups in total. The van der Waals surface area contributed by atoms with Crippen molar-refractivity contribution in [3.63, 3.8) is 0 Å². The summed E-state index contributed by atoms with van der Waals surface area (Å²) in [5.41, 5.74) is 0.652. The Morgan fingerprint density at radius 1 is 1.59 bits per heavy atom. The predicted octanol–water partition coefficient (Wildman–Crippen LogP) is 1.99. The van der Waals surface area contributed by atoms with Gasteiger partial charge in [-0.3, -0.25) is 4.79 Å². The first-order valence-electron chi connectivity index (χ1n) is 5.35. The summed E-state index contributed by atoms with van der Waals surface area (Å²) in [6.07, 6.45) is 2.94. The molecule has 0 aliphatic carbocycles. The van der Waals surface area contributed by atoms with Gasteiger partial charge in [0.1, 0.15) is 5.82 Å². The van der Waals surface area contributed by atoms with Gasteiger partial charge in [-0.1, -0.05) is 12.1 Å². The largest absolute Gasteiger partial charge is 0.383 e. The first-order chi connectivity index (χ1) is 8.11. The lowest BCUT2D eigenvalue weighted by molar-refractivity contribution is -0.117. The molecular weight excluding hydrogens is 221 g/mol. The third-order valence-electron chi connectivity index (χ3n) is 2.08. The maximum absolute atomic E-state index is 12.9. The van der Waals surface area contributed by atoms with Crippen LogP contribution in [0.2, 0.25) is 0 Å². The smallest absolute Gasteiger partial charge is 0.244 e.